The number of hydrogen-bond donors (Lipinski definition) is 1. The van der Waals surface area contributed by atoms with E-state index in [9.17, 15) is 4.57 Å². The highest BCUT2D eigenvalue weighted by molar-refractivity contribution is 7.54. The van der Waals surface area contributed by atoms with Crippen LogP contribution >= 0.6 is 30.8 Å². The average molecular weight is 508 g/mol. The molecule has 0 amide bonds. The summed E-state index contributed by atoms with van der Waals surface area (Å²) in [5.41, 5.74) is 6.92. The summed E-state index contributed by atoms with van der Waals surface area (Å²) in [5.74, 6) is 0.964. The maximum atomic E-state index is 13.6. The lowest BCUT2D eigenvalue weighted by atomic mass is 10.3. The fourth-order valence-electron chi connectivity index (χ4n) is 2.96. The SMILES string of the molecule is C[C@H](Cn1cnc2c(N)ncnc21)OCP(=O)(Oc1ccc(Cl)cc1)Oc1ccc(Cl)cc1. The molecule has 0 bridgehead atoms. The number of nitrogens with two attached hydrogens (primary N) is 1. The van der Waals surface area contributed by atoms with Crippen LogP contribution in [-0.4, -0.2) is 32.0 Å². The Labute approximate surface area is 200 Å². The highest BCUT2D eigenvalue weighted by atomic mass is 35.5. The van der Waals surface area contributed by atoms with E-state index >= 15 is 0 Å². The maximum Gasteiger partial charge on any atom is 0.456 e. The van der Waals surface area contributed by atoms with Crippen molar-refractivity contribution in [2.75, 3.05) is 12.1 Å². The third kappa shape index (κ3) is 5.94. The fraction of sp³-hybridized carbons (Fsp3) is 0.190. The summed E-state index contributed by atoms with van der Waals surface area (Å²) in [6, 6.07) is 12.9. The first-order valence-electron chi connectivity index (χ1n) is 9.83. The number of halogens is 2. The van der Waals surface area contributed by atoms with E-state index in [0.717, 1.165) is 0 Å². The second-order valence-corrected chi connectivity index (χ2v) is 9.85. The zero-order chi connectivity index (χ0) is 23.4. The molecular weight excluding hydrogens is 488 g/mol. The number of ether oxygens (including phenoxy) is 1. The molecule has 0 spiro atoms. The van der Waals surface area contributed by atoms with Crippen molar-refractivity contribution in [3.05, 3.63) is 71.2 Å². The fourth-order valence-corrected chi connectivity index (χ4v) is 4.68. The molecule has 9 nitrogen and oxygen atoms in total. The van der Waals surface area contributed by atoms with Gasteiger partial charge in [0.2, 0.25) is 0 Å². The summed E-state index contributed by atoms with van der Waals surface area (Å²) in [6.07, 6.45) is 2.29. The Bertz CT molecular complexity index is 1230. The summed E-state index contributed by atoms with van der Waals surface area (Å²) in [5, 5.41) is 1.05. The summed E-state index contributed by atoms with van der Waals surface area (Å²) in [4.78, 5) is 12.4. The topological polar surface area (TPSA) is 114 Å². The molecule has 172 valence electrons. The van der Waals surface area contributed by atoms with Gasteiger partial charge in [-0.1, -0.05) is 23.2 Å². The number of benzene rings is 2. The summed E-state index contributed by atoms with van der Waals surface area (Å²) in [6.45, 7) is 2.21. The molecule has 0 aliphatic carbocycles. The molecular formula is C21H20Cl2N5O4P. The van der Waals surface area contributed by atoms with Gasteiger partial charge >= 0.3 is 7.60 Å². The number of nitrogens with zero attached hydrogens (tertiary/aromatic N) is 4. The number of rotatable bonds is 9. The summed E-state index contributed by atoms with van der Waals surface area (Å²) in [7, 11) is -3.77. The van der Waals surface area contributed by atoms with Crippen molar-refractivity contribution in [3.8, 4) is 11.5 Å². The normalized spacial score (nSPS) is 12.6. The first kappa shape index (κ1) is 23.3. The highest BCUT2D eigenvalue weighted by Gasteiger charge is 2.30. The van der Waals surface area contributed by atoms with Crippen LogP contribution in [0.2, 0.25) is 10.0 Å². The summed E-state index contributed by atoms with van der Waals surface area (Å²) >= 11 is 11.9. The van der Waals surface area contributed by atoms with Crippen molar-refractivity contribution in [2.45, 2.75) is 19.6 Å². The second-order valence-electron chi connectivity index (χ2n) is 7.14. The van der Waals surface area contributed by atoms with Gasteiger partial charge in [0.15, 0.2) is 17.8 Å². The molecule has 0 aliphatic rings. The van der Waals surface area contributed by atoms with Crippen LogP contribution in [0.25, 0.3) is 11.2 Å². The third-order valence-corrected chi connectivity index (χ3v) is 6.46. The quantitative estimate of drug-likeness (QED) is 0.298. The minimum atomic E-state index is -3.77. The van der Waals surface area contributed by atoms with Crippen LogP contribution in [0.3, 0.4) is 0 Å². The minimum Gasteiger partial charge on any atom is -0.415 e. The molecule has 1 atom stereocenters. The maximum absolute atomic E-state index is 13.6. The van der Waals surface area contributed by atoms with E-state index < -0.39 is 7.60 Å². The minimum absolute atomic E-state index is 0.296. The van der Waals surface area contributed by atoms with Gasteiger partial charge in [0.05, 0.1) is 19.0 Å². The van der Waals surface area contributed by atoms with E-state index in [1.807, 2.05) is 6.92 Å². The number of imidazole rings is 1. The van der Waals surface area contributed by atoms with Crippen LogP contribution in [0.5, 0.6) is 11.5 Å². The van der Waals surface area contributed by atoms with Crippen LogP contribution in [0.4, 0.5) is 5.82 Å². The van der Waals surface area contributed by atoms with Gasteiger partial charge in [-0.3, -0.25) is 0 Å². The number of nitrogen functional groups attached to an aromatic ring is 1. The molecule has 0 fully saturated rings. The lowest BCUT2D eigenvalue weighted by Crippen LogP contribution is -2.19. The van der Waals surface area contributed by atoms with Crippen molar-refractivity contribution in [2.24, 2.45) is 0 Å². The summed E-state index contributed by atoms with van der Waals surface area (Å²) < 4.78 is 32.7. The number of fused-ring (bicyclic) bond motifs is 1. The zero-order valence-electron chi connectivity index (χ0n) is 17.5. The van der Waals surface area contributed by atoms with E-state index in [-0.39, 0.29) is 12.5 Å². The van der Waals surface area contributed by atoms with E-state index in [1.54, 1.807) is 59.4 Å². The first-order chi connectivity index (χ1) is 15.8. The monoisotopic (exact) mass is 507 g/mol. The molecule has 0 radical (unpaired) electrons. The van der Waals surface area contributed by atoms with Crippen molar-refractivity contribution in [1.82, 2.24) is 19.5 Å². The molecule has 0 aliphatic heterocycles. The number of hydrogen-bond acceptors (Lipinski definition) is 8. The Hall–Kier alpha value is -2.84. The van der Waals surface area contributed by atoms with Gasteiger partial charge in [0, 0.05) is 10.0 Å². The predicted octanol–water partition coefficient (Wildman–Crippen LogP) is 5.43. The molecule has 2 N–H and O–H groups in total. The number of aromatic nitrogens is 4. The highest BCUT2D eigenvalue weighted by Crippen LogP contribution is 2.49. The Morgan fingerprint density at radius 3 is 2.12 bits per heavy atom. The predicted molar refractivity (Wildman–Crippen MR) is 127 cm³/mol. The Kier molecular flexibility index (Phi) is 7.05. The average Bonchev–Trinajstić information content (AvgIpc) is 3.20. The molecule has 2 heterocycles. The van der Waals surface area contributed by atoms with Crippen LogP contribution in [0.15, 0.2) is 61.2 Å². The molecule has 0 unspecified atom stereocenters. The van der Waals surface area contributed by atoms with Gasteiger partial charge in [0.25, 0.3) is 0 Å². The lowest BCUT2D eigenvalue weighted by molar-refractivity contribution is 0.0780. The van der Waals surface area contributed by atoms with Crippen LogP contribution < -0.4 is 14.8 Å². The van der Waals surface area contributed by atoms with Gasteiger partial charge < -0.3 is 24.1 Å². The Morgan fingerprint density at radius 2 is 1.55 bits per heavy atom. The van der Waals surface area contributed by atoms with E-state index in [2.05, 4.69) is 15.0 Å². The van der Waals surface area contributed by atoms with Gasteiger partial charge in [-0.25, -0.2) is 19.5 Å². The van der Waals surface area contributed by atoms with Gasteiger partial charge in [-0.15, -0.1) is 0 Å². The van der Waals surface area contributed by atoms with Gasteiger partial charge in [-0.05, 0) is 55.5 Å². The lowest BCUT2D eigenvalue weighted by Gasteiger charge is -2.22. The standard InChI is InChI=1S/C21H20Cl2N5O4P/c1-14(10-28-12-27-19-20(24)25-11-26-21(19)28)30-13-33(29,31-17-6-2-15(22)3-7-17)32-18-8-4-16(23)5-9-18/h2-9,11-12,14H,10,13H2,1H3,(H2,24,25,26)/t14-/m1/s1. The molecule has 4 aromatic rings. The van der Waals surface area contributed by atoms with E-state index in [1.165, 1.54) is 6.33 Å². The molecule has 33 heavy (non-hydrogen) atoms. The van der Waals surface area contributed by atoms with Gasteiger partial charge in [-0.2, -0.15) is 0 Å². The second kappa shape index (κ2) is 9.97. The van der Waals surface area contributed by atoms with Gasteiger partial charge in [0.1, 0.15) is 23.3 Å². The Balaban J connectivity index is 1.48. The molecule has 2 aromatic carbocycles. The van der Waals surface area contributed by atoms with Crippen molar-refractivity contribution < 1.29 is 18.3 Å². The zero-order valence-corrected chi connectivity index (χ0v) is 19.9. The van der Waals surface area contributed by atoms with Crippen LogP contribution in [0, 0.1) is 0 Å². The van der Waals surface area contributed by atoms with E-state index in [4.69, 9.17) is 42.7 Å². The number of anilines is 1. The molecule has 0 saturated carbocycles. The van der Waals surface area contributed by atoms with Crippen molar-refractivity contribution in [1.29, 1.82) is 0 Å². The van der Waals surface area contributed by atoms with Crippen molar-refractivity contribution in [3.63, 3.8) is 0 Å². The molecule has 4 rings (SSSR count). The first-order valence-corrected chi connectivity index (χ1v) is 12.3. The largest absolute Gasteiger partial charge is 0.456 e. The molecule has 0 saturated heterocycles. The molecule has 2 aromatic heterocycles. The van der Waals surface area contributed by atoms with Crippen LogP contribution in [-0.2, 0) is 15.8 Å². The Morgan fingerprint density at radius 1 is 0.970 bits per heavy atom. The molecule has 12 heteroatoms. The van der Waals surface area contributed by atoms with Crippen molar-refractivity contribution >= 4 is 47.8 Å². The smallest absolute Gasteiger partial charge is 0.415 e. The van der Waals surface area contributed by atoms with E-state index in [0.29, 0.717) is 45.1 Å². The van der Waals surface area contributed by atoms with Crippen LogP contribution in [0.1, 0.15) is 6.92 Å². The third-order valence-electron chi connectivity index (χ3n) is 4.52.